The molecule has 140 valence electrons. The molecule has 1 amide bonds. The van der Waals surface area contributed by atoms with E-state index in [-0.39, 0.29) is 12.2 Å². The van der Waals surface area contributed by atoms with Crippen LogP contribution in [0.5, 0.6) is 0 Å². The number of nitrogens with zero attached hydrogens (tertiary/aromatic N) is 1. The molecule has 1 heterocycles. The molecule has 0 aliphatic heterocycles. The van der Waals surface area contributed by atoms with Crippen LogP contribution in [0, 0.1) is 10.1 Å². The van der Waals surface area contributed by atoms with Crippen LogP contribution < -0.4 is 10.6 Å². The Kier molecular flexibility index (Phi) is 5.76. The second-order valence-electron chi connectivity index (χ2n) is 5.27. The van der Waals surface area contributed by atoms with Gasteiger partial charge in [0.2, 0.25) is 5.91 Å². The molecular weight excluding hydrogens is 379 g/mol. The van der Waals surface area contributed by atoms with Gasteiger partial charge in [-0.15, -0.1) is 0 Å². The normalized spacial score (nSPS) is 12.5. The summed E-state index contributed by atoms with van der Waals surface area (Å²) in [5.41, 5.74) is -2.47. The lowest BCUT2D eigenvalue weighted by Gasteiger charge is -2.17. The first-order valence-electron chi connectivity index (χ1n) is 7.21. The minimum atomic E-state index is -4.84. The molecule has 1 aromatic heterocycles. The van der Waals surface area contributed by atoms with Crippen LogP contribution in [0.15, 0.2) is 34.9 Å². The monoisotopic (exact) mass is 391 g/mol. The van der Waals surface area contributed by atoms with Gasteiger partial charge in [0.05, 0.1) is 28.3 Å². The number of furan rings is 1. The van der Waals surface area contributed by atoms with Gasteiger partial charge in [-0.05, 0) is 25.1 Å². The molecule has 0 aliphatic carbocycles. The molecule has 0 spiro atoms. The molecule has 1 unspecified atom stereocenters. The Balaban J connectivity index is 2.17. The Morgan fingerprint density at radius 3 is 2.65 bits per heavy atom. The van der Waals surface area contributed by atoms with Crippen molar-refractivity contribution in [3.63, 3.8) is 0 Å². The van der Waals surface area contributed by atoms with Crippen molar-refractivity contribution in [2.75, 3.05) is 5.32 Å². The lowest BCUT2D eigenvalue weighted by Crippen LogP contribution is -2.37. The Labute approximate surface area is 150 Å². The number of halogens is 4. The van der Waals surface area contributed by atoms with Gasteiger partial charge in [-0.3, -0.25) is 14.9 Å². The predicted molar refractivity (Wildman–Crippen MR) is 86.7 cm³/mol. The Morgan fingerprint density at radius 1 is 1.42 bits per heavy atom. The number of hydrogen-bond acceptors (Lipinski definition) is 5. The van der Waals surface area contributed by atoms with E-state index in [9.17, 15) is 28.1 Å². The number of hydrogen-bond donors (Lipinski definition) is 2. The fraction of sp³-hybridized carbons (Fsp3) is 0.267. The molecule has 2 rings (SSSR count). The van der Waals surface area contributed by atoms with Crippen LogP contribution >= 0.6 is 11.6 Å². The van der Waals surface area contributed by atoms with E-state index in [2.05, 4.69) is 10.6 Å². The van der Waals surface area contributed by atoms with Crippen molar-refractivity contribution in [3.05, 3.63) is 57.0 Å². The average Bonchev–Trinajstić information content (AvgIpc) is 3.04. The number of alkyl halides is 3. The topological polar surface area (TPSA) is 97.4 Å². The summed E-state index contributed by atoms with van der Waals surface area (Å²) in [5, 5.41) is 15.4. The van der Waals surface area contributed by atoms with E-state index in [0.717, 1.165) is 6.07 Å². The number of carbonyl (C=O) groups is 1. The SMILES string of the molecule is CC(Nc1cc(Cl)c(C(F)(F)F)cc1[N+](=O)[O-])C(=O)NCc1ccco1. The van der Waals surface area contributed by atoms with Crippen LogP contribution in [0.3, 0.4) is 0 Å². The van der Waals surface area contributed by atoms with Gasteiger partial charge in [-0.2, -0.15) is 13.2 Å². The number of benzene rings is 1. The molecular formula is C15H13ClF3N3O4. The first kappa shape index (κ1) is 19.6. The fourth-order valence-electron chi connectivity index (χ4n) is 2.09. The first-order valence-corrected chi connectivity index (χ1v) is 7.59. The zero-order valence-electron chi connectivity index (χ0n) is 13.3. The number of amides is 1. The van der Waals surface area contributed by atoms with Gasteiger partial charge in [-0.1, -0.05) is 11.6 Å². The van der Waals surface area contributed by atoms with Crippen LogP contribution in [-0.2, 0) is 17.5 Å². The predicted octanol–water partition coefficient (Wildman–Crippen LogP) is 3.98. The maximum Gasteiger partial charge on any atom is 0.418 e. The van der Waals surface area contributed by atoms with E-state index in [4.69, 9.17) is 16.0 Å². The van der Waals surface area contributed by atoms with Crippen LogP contribution in [0.4, 0.5) is 24.5 Å². The first-order chi connectivity index (χ1) is 12.1. The number of rotatable bonds is 6. The van der Waals surface area contributed by atoms with Gasteiger partial charge >= 0.3 is 6.18 Å². The van der Waals surface area contributed by atoms with E-state index in [1.807, 2.05) is 0 Å². The molecule has 2 aromatic rings. The molecule has 0 radical (unpaired) electrons. The lowest BCUT2D eigenvalue weighted by atomic mass is 10.1. The molecule has 0 aliphatic rings. The maximum absolute atomic E-state index is 12.8. The summed E-state index contributed by atoms with van der Waals surface area (Å²) >= 11 is 5.59. The largest absolute Gasteiger partial charge is 0.467 e. The van der Waals surface area contributed by atoms with E-state index in [1.54, 1.807) is 12.1 Å². The summed E-state index contributed by atoms with van der Waals surface area (Å²) in [6, 6.07) is 3.41. The van der Waals surface area contributed by atoms with Crippen LogP contribution in [0.1, 0.15) is 18.2 Å². The van der Waals surface area contributed by atoms with Crippen molar-refractivity contribution in [1.29, 1.82) is 0 Å². The Morgan fingerprint density at radius 2 is 2.12 bits per heavy atom. The molecule has 0 saturated heterocycles. The lowest BCUT2D eigenvalue weighted by molar-refractivity contribution is -0.384. The number of anilines is 1. The van der Waals surface area contributed by atoms with Crippen LogP contribution in [-0.4, -0.2) is 16.9 Å². The molecule has 2 N–H and O–H groups in total. The number of nitro groups is 1. The van der Waals surface area contributed by atoms with Gasteiger partial charge in [0.1, 0.15) is 17.5 Å². The third kappa shape index (κ3) is 4.66. The number of nitrogens with one attached hydrogen (secondary N) is 2. The van der Waals surface area contributed by atoms with Crippen molar-refractivity contribution in [2.24, 2.45) is 0 Å². The molecule has 0 fully saturated rings. The van der Waals surface area contributed by atoms with Crippen molar-refractivity contribution in [3.8, 4) is 0 Å². The van der Waals surface area contributed by atoms with Gasteiger partial charge in [0.25, 0.3) is 5.69 Å². The molecule has 0 bridgehead atoms. The fourth-order valence-corrected chi connectivity index (χ4v) is 2.36. The van der Waals surface area contributed by atoms with Crippen molar-refractivity contribution >= 4 is 28.9 Å². The quantitative estimate of drug-likeness (QED) is 0.573. The van der Waals surface area contributed by atoms with E-state index < -0.39 is 39.3 Å². The molecule has 26 heavy (non-hydrogen) atoms. The molecule has 1 atom stereocenters. The third-order valence-corrected chi connectivity index (χ3v) is 3.68. The highest BCUT2D eigenvalue weighted by Crippen LogP contribution is 2.40. The molecule has 7 nitrogen and oxygen atoms in total. The average molecular weight is 392 g/mol. The summed E-state index contributed by atoms with van der Waals surface area (Å²) in [6.45, 7) is 1.49. The Bertz CT molecular complexity index is 809. The van der Waals surface area contributed by atoms with Gasteiger partial charge in [-0.25, -0.2) is 0 Å². The standard InChI is InChI=1S/C15H13ClF3N3O4/c1-8(14(23)20-7-9-3-2-4-26-9)21-12-6-11(16)10(15(17,18)19)5-13(12)22(24)25/h2-6,8,21H,7H2,1H3,(H,20,23). The molecule has 11 heteroatoms. The molecule has 0 saturated carbocycles. The number of nitro benzene ring substituents is 1. The smallest absolute Gasteiger partial charge is 0.418 e. The second kappa shape index (κ2) is 7.65. The van der Waals surface area contributed by atoms with E-state index >= 15 is 0 Å². The van der Waals surface area contributed by atoms with Gasteiger partial charge in [0.15, 0.2) is 0 Å². The summed E-state index contributed by atoms with van der Waals surface area (Å²) in [5.74, 6) is -0.0409. The highest BCUT2D eigenvalue weighted by Gasteiger charge is 2.36. The number of carbonyl (C=O) groups excluding carboxylic acids is 1. The minimum absolute atomic E-state index is 0.0910. The Hall–Kier alpha value is -2.75. The van der Waals surface area contributed by atoms with E-state index in [1.165, 1.54) is 13.2 Å². The van der Waals surface area contributed by atoms with Gasteiger partial charge < -0.3 is 15.1 Å². The zero-order valence-corrected chi connectivity index (χ0v) is 14.0. The van der Waals surface area contributed by atoms with Crippen LogP contribution in [0.2, 0.25) is 5.02 Å². The highest BCUT2D eigenvalue weighted by molar-refractivity contribution is 6.31. The summed E-state index contributed by atoms with van der Waals surface area (Å²) in [7, 11) is 0. The van der Waals surface area contributed by atoms with Crippen molar-refractivity contribution in [2.45, 2.75) is 25.7 Å². The molecule has 1 aromatic carbocycles. The van der Waals surface area contributed by atoms with E-state index in [0.29, 0.717) is 11.8 Å². The van der Waals surface area contributed by atoms with Crippen LogP contribution in [0.25, 0.3) is 0 Å². The second-order valence-corrected chi connectivity index (χ2v) is 5.67. The third-order valence-electron chi connectivity index (χ3n) is 3.37. The van der Waals surface area contributed by atoms with Crippen molar-refractivity contribution in [1.82, 2.24) is 5.32 Å². The maximum atomic E-state index is 12.8. The van der Waals surface area contributed by atoms with Crippen molar-refractivity contribution < 1.29 is 27.3 Å². The minimum Gasteiger partial charge on any atom is -0.467 e. The highest BCUT2D eigenvalue weighted by atomic mass is 35.5. The zero-order chi connectivity index (χ0) is 19.5. The summed E-state index contributed by atoms with van der Waals surface area (Å²) < 4.78 is 43.6. The summed E-state index contributed by atoms with van der Waals surface area (Å²) in [6.07, 6.45) is -3.41. The van der Waals surface area contributed by atoms with Gasteiger partial charge in [0, 0.05) is 6.07 Å². The summed E-state index contributed by atoms with van der Waals surface area (Å²) in [4.78, 5) is 22.1.